The monoisotopic (exact) mass is 390 g/mol. The molecule has 26 heavy (non-hydrogen) atoms. The van der Waals surface area contributed by atoms with Gasteiger partial charge in [0.05, 0.1) is 57.4 Å². The average Bonchev–Trinajstić information content (AvgIpc) is 3.49. The Morgan fingerprint density at radius 2 is 1.65 bits per heavy atom. The Morgan fingerprint density at radius 3 is 2.15 bits per heavy atom. The zero-order chi connectivity index (χ0) is 18.9. The van der Waals surface area contributed by atoms with Crippen LogP contribution in [-0.4, -0.2) is 85.2 Å². The van der Waals surface area contributed by atoms with E-state index in [1.165, 1.54) is 9.80 Å². The van der Waals surface area contributed by atoms with E-state index in [9.17, 15) is 14.2 Å². The molecule has 10 heteroatoms. The molecule has 0 saturated carbocycles. The van der Waals surface area contributed by atoms with Crippen molar-refractivity contribution < 1.29 is 32.7 Å². The molecule has 3 amide bonds. The van der Waals surface area contributed by atoms with Crippen molar-refractivity contribution in [2.75, 3.05) is 39.5 Å². The summed E-state index contributed by atoms with van der Waals surface area (Å²) < 4.78 is 34.2. The standard InChI is InChI=1S/C16H27N2O7P/c1-4-24-26(21,25-5-2)11(3)6-14-15(19)18(8-13-10-23-13)16(20)17(14)7-12-9-22-12/h11-14H,4-10H2,1-3H3. The molecule has 4 unspecified atom stereocenters. The van der Waals surface area contributed by atoms with E-state index < -0.39 is 19.3 Å². The minimum atomic E-state index is -3.35. The molecule has 3 rings (SSSR count). The summed E-state index contributed by atoms with van der Waals surface area (Å²) in [6.07, 6.45) is 0.111. The molecular weight excluding hydrogens is 363 g/mol. The first-order valence-corrected chi connectivity index (χ1v) is 10.7. The van der Waals surface area contributed by atoms with Crippen LogP contribution < -0.4 is 0 Å². The maximum atomic E-state index is 13.0. The highest BCUT2D eigenvalue weighted by atomic mass is 31.2. The maximum Gasteiger partial charge on any atom is 0.333 e. The second-order valence-electron chi connectivity index (χ2n) is 6.77. The molecule has 0 aliphatic carbocycles. The summed E-state index contributed by atoms with van der Waals surface area (Å²) in [6, 6.07) is -1.02. The van der Waals surface area contributed by atoms with E-state index in [1.54, 1.807) is 20.8 Å². The van der Waals surface area contributed by atoms with Crippen LogP contribution in [0.25, 0.3) is 0 Å². The molecule has 148 valence electrons. The molecule has 0 radical (unpaired) electrons. The van der Waals surface area contributed by atoms with Crippen LogP contribution in [0, 0.1) is 0 Å². The van der Waals surface area contributed by atoms with Crippen LogP contribution in [0.1, 0.15) is 27.2 Å². The molecule has 0 bridgehead atoms. The summed E-state index contributed by atoms with van der Waals surface area (Å²) in [5, 5.41) is 0. The van der Waals surface area contributed by atoms with Gasteiger partial charge in [-0.05, 0) is 20.3 Å². The number of epoxide rings is 2. The summed E-state index contributed by atoms with van der Waals surface area (Å²) in [6.45, 7) is 7.51. The highest BCUT2D eigenvalue weighted by molar-refractivity contribution is 7.54. The lowest BCUT2D eigenvalue weighted by molar-refractivity contribution is -0.128. The Morgan fingerprint density at radius 1 is 1.12 bits per heavy atom. The van der Waals surface area contributed by atoms with E-state index in [4.69, 9.17) is 18.5 Å². The fourth-order valence-electron chi connectivity index (χ4n) is 3.17. The van der Waals surface area contributed by atoms with Crippen molar-refractivity contribution in [3.63, 3.8) is 0 Å². The van der Waals surface area contributed by atoms with Gasteiger partial charge in [0.15, 0.2) is 0 Å². The number of carbonyl (C=O) groups is 2. The Kier molecular flexibility index (Phi) is 6.04. The third kappa shape index (κ3) is 4.28. The fraction of sp³-hybridized carbons (Fsp3) is 0.875. The van der Waals surface area contributed by atoms with Crippen LogP contribution in [0.5, 0.6) is 0 Å². The molecule has 4 atom stereocenters. The van der Waals surface area contributed by atoms with Gasteiger partial charge in [-0.1, -0.05) is 6.92 Å². The summed E-state index contributed by atoms with van der Waals surface area (Å²) in [7, 11) is -3.35. The number of ether oxygens (including phenoxy) is 2. The Balaban J connectivity index is 1.74. The number of hydrogen-bond acceptors (Lipinski definition) is 7. The summed E-state index contributed by atoms with van der Waals surface area (Å²) >= 11 is 0. The predicted octanol–water partition coefficient (Wildman–Crippen LogP) is 1.46. The molecule has 3 aliphatic heterocycles. The Labute approximate surface area is 153 Å². The number of amides is 3. The molecular formula is C16H27N2O7P. The number of imide groups is 1. The average molecular weight is 390 g/mol. The van der Waals surface area contributed by atoms with Crippen LogP contribution in [0.2, 0.25) is 0 Å². The molecule has 0 N–H and O–H groups in total. The van der Waals surface area contributed by atoms with Gasteiger partial charge in [-0.25, -0.2) is 4.79 Å². The minimum Gasteiger partial charge on any atom is -0.371 e. The van der Waals surface area contributed by atoms with Gasteiger partial charge in [-0.15, -0.1) is 0 Å². The van der Waals surface area contributed by atoms with Crippen molar-refractivity contribution >= 4 is 19.5 Å². The molecule has 0 aromatic rings. The van der Waals surface area contributed by atoms with Crippen molar-refractivity contribution in [2.45, 2.75) is 51.1 Å². The SMILES string of the molecule is CCOP(=O)(OCC)C(C)CC1C(=O)N(CC2CO2)C(=O)N1CC1CO1. The molecule has 9 nitrogen and oxygen atoms in total. The quantitative estimate of drug-likeness (QED) is 0.299. The van der Waals surface area contributed by atoms with E-state index in [-0.39, 0.29) is 50.3 Å². The lowest BCUT2D eigenvalue weighted by atomic mass is 10.1. The zero-order valence-electron chi connectivity index (χ0n) is 15.5. The van der Waals surface area contributed by atoms with Gasteiger partial charge >= 0.3 is 13.6 Å². The number of rotatable bonds is 11. The van der Waals surface area contributed by atoms with Crippen molar-refractivity contribution in [3.05, 3.63) is 0 Å². The van der Waals surface area contributed by atoms with Gasteiger partial charge in [0.1, 0.15) is 6.04 Å². The van der Waals surface area contributed by atoms with Crippen molar-refractivity contribution in [1.29, 1.82) is 0 Å². The molecule has 0 aromatic heterocycles. The smallest absolute Gasteiger partial charge is 0.333 e. The molecule has 3 aliphatic rings. The van der Waals surface area contributed by atoms with Crippen molar-refractivity contribution in [1.82, 2.24) is 9.80 Å². The van der Waals surface area contributed by atoms with Crippen LogP contribution in [0.4, 0.5) is 4.79 Å². The highest BCUT2D eigenvalue weighted by Crippen LogP contribution is 2.54. The van der Waals surface area contributed by atoms with Gasteiger partial charge in [-0.2, -0.15) is 0 Å². The van der Waals surface area contributed by atoms with E-state index >= 15 is 0 Å². The number of urea groups is 1. The van der Waals surface area contributed by atoms with Crippen LogP contribution in [0.3, 0.4) is 0 Å². The van der Waals surface area contributed by atoms with Gasteiger partial charge in [0, 0.05) is 0 Å². The molecule has 3 fully saturated rings. The number of nitrogens with zero attached hydrogens (tertiary/aromatic N) is 2. The van der Waals surface area contributed by atoms with Gasteiger partial charge in [0.25, 0.3) is 5.91 Å². The lowest BCUT2D eigenvalue weighted by Crippen LogP contribution is -2.40. The van der Waals surface area contributed by atoms with E-state index in [0.717, 1.165) is 0 Å². The molecule has 0 aromatic carbocycles. The van der Waals surface area contributed by atoms with Crippen molar-refractivity contribution in [3.8, 4) is 0 Å². The first kappa shape index (κ1) is 19.8. The summed E-state index contributed by atoms with van der Waals surface area (Å²) in [5.74, 6) is -0.280. The highest BCUT2D eigenvalue weighted by Gasteiger charge is 2.50. The first-order chi connectivity index (χ1) is 12.4. The predicted molar refractivity (Wildman–Crippen MR) is 92.0 cm³/mol. The third-order valence-electron chi connectivity index (χ3n) is 4.72. The van der Waals surface area contributed by atoms with Crippen molar-refractivity contribution in [2.24, 2.45) is 0 Å². The second-order valence-corrected chi connectivity index (χ2v) is 9.25. The van der Waals surface area contributed by atoms with Gasteiger partial charge in [0.2, 0.25) is 0 Å². The summed E-state index contributed by atoms with van der Waals surface area (Å²) in [5.41, 5.74) is -0.510. The van der Waals surface area contributed by atoms with Crippen LogP contribution in [-0.2, 0) is 27.9 Å². The fourth-order valence-corrected chi connectivity index (χ4v) is 4.93. The molecule has 3 heterocycles. The zero-order valence-corrected chi connectivity index (χ0v) is 16.4. The van der Waals surface area contributed by atoms with Gasteiger partial charge in [-0.3, -0.25) is 14.3 Å². The lowest BCUT2D eigenvalue weighted by Gasteiger charge is -2.27. The third-order valence-corrected chi connectivity index (χ3v) is 7.24. The Bertz CT molecular complexity index is 583. The van der Waals surface area contributed by atoms with E-state index in [2.05, 4.69) is 0 Å². The van der Waals surface area contributed by atoms with Crippen LogP contribution in [0.15, 0.2) is 0 Å². The molecule has 0 spiro atoms. The van der Waals surface area contributed by atoms with Gasteiger partial charge < -0.3 is 23.4 Å². The maximum absolute atomic E-state index is 13.0. The van der Waals surface area contributed by atoms with E-state index in [0.29, 0.717) is 19.8 Å². The largest absolute Gasteiger partial charge is 0.371 e. The first-order valence-electron chi connectivity index (χ1n) is 9.13. The normalized spacial score (nSPS) is 29.4. The number of carbonyl (C=O) groups excluding carboxylic acids is 2. The Hall–Kier alpha value is -0.990. The minimum absolute atomic E-state index is 0.0349. The van der Waals surface area contributed by atoms with Crippen LogP contribution >= 0.6 is 7.60 Å². The van der Waals surface area contributed by atoms with E-state index in [1.807, 2.05) is 0 Å². The second kappa shape index (κ2) is 7.94. The number of hydrogen-bond donors (Lipinski definition) is 0. The topological polar surface area (TPSA) is 101 Å². The molecule has 3 saturated heterocycles. The summed E-state index contributed by atoms with van der Waals surface area (Å²) in [4.78, 5) is 28.4.